The lowest BCUT2D eigenvalue weighted by Gasteiger charge is -2.29. The molecule has 0 saturated heterocycles. The molecule has 2 aromatic rings. The van der Waals surface area contributed by atoms with Crippen LogP contribution < -0.4 is 14.8 Å². The van der Waals surface area contributed by atoms with Gasteiger partial charge < -0.3 is 19.7 Å². The summed E-state index contributed by atoms with van der Waals surface area (Å²) in [4.78, 5) is 27.4. The summed E-state index contributed by atoms with van der Waals surface area (Å²) < 4.78 is 11.9. The molecule has 0 heterocycles. The highest BCUT2D eigenvalue weighted by molar-refractivity contribution is 9.10. The first-order chi connectivity index (χ1) is 14.7. The Hall–Kier alpha value is -2.54. The highest BCUT2D eigenvalue weighted by Crippen LogP contribution is 2.22. The molecule has 2 amide bonds. The third-order valence-electron chi connectivity index (χ3n) is 5.17. The Kier molecular flexibility index (Phi) is 9.37. The van der Waals surface area contributed by atoms with Crippen LogP contribution in [-0.2, 0) is 16.1 Å². The van der Waals surface area contributed by atoms with Crippen LogP contribution in [0.4, 0.5) is 0 Å². The van der Waals surface area contributed by atoms with Gasteiger partial charge in [0.1, 0.15) is 17.5 Å². The van der Waals surface area contributed by atoms with E-state index in [-0.39, 0.29) is 24.5 Å². The maximum Gasteiger partial charge on any atom is 0.261 e. The normalized spacial score (nSPS) is 12.6. The van der Waals surface area contributed by atoms with Crippen LogP contribution in [0.2, 0.25) is 0 Å². The lowest BCUT2D eigenvalue weighted by atomic mass is 10.1. The summed E-state index contributed by atoms with van der Waals surface area (Å²) in [5.41, 5.74) is 1.91. The van der Waals surface area contributed by atoms with E-state index in [2.05, 4.69) is 21.2 Å². The molecule has 0 radical (unpaired) electrons. The first-order valence-electron chi connectivity index (χ1n) is 10.4. The molecule has 2 rings (SSSR count). The van der Waals surface area contributed by atoms with Crippen LogP contribution >= 0.6 is 15.9 Å². The van der Waals surface area contributed by atoms with Crippen molar-refractivity contribution < 1.29 is 19.1 Å². The van der Waals surface area contributed by atoms with E-state index in [1.54, 1.807) is 25.0 Å². The van der Waals surface area contributed by atoms with E-state index in [9.17, 15) is 9.59 Å². The van der Waals surface area contributed by atoms with Crippen molar-refractivity contribution in [3.05, 3.63) is 58.1 Å². The number of ether oxygens (including phenoxy) is 2. The Balaban J connectivity index is 2.16. The summed E-state index contributed by atoms with van der Waals surface area (Å²) in [7, 11) is 1.60. The zero-order chi connectivity index (χ0) is 23.0. The van der Waals surface area contributed by atoms with E-state index >= 15 is 0 Å². The SMILES string of the molecule is CC[C@H](C)NC(=O)[C@@H](C)N(Cc1ccc(OC)cc1)C(=O)COc1ccc(Br)c(C)c1. The van der Waals surface area contributed by atoms with E-state index in [1.165, 1.54) is 0 Å². The molecule has 168 valence electrons. The first kappa shape index (κ1) is 24.7. The van der Waals surface area contributed by atoms with Crippen molar-refractivity contribution in [2.45, 2.75) is 52.7 Å². The molecule has 2 atom stereocenters. The lowest BCUT2D eigenvalue weighted by Crippen LogP contribution is -2.50. The molecule has 0 unspecified atom stereocenters. The molecule has 0 bridgehead atoms. The fraction of sp³-hybridized carbons (Fsp3) is 0.417. The summed E-state index contributed by atoms with van der Waals surface area (Å²) in [6.45, 7) is 7.78. The van der Waals surface area contributed by atoms with E-state index in [1.807, 2.05) is 57.2 Å². The summed E-state index contributed by atoms with van der Waals surface area (Å²) >= 11 is 3.46. The lowest BCUT2D eigenvalue weighted by molar-refractivity contribution is -0.142. The van der Waals surface area contributed by atoms with Gasteiger partial charge in [-0.15, -0.1) is 0 Å². The van der Waals surface area contributed by atoms with E-state index in [4.69, 9.17) is 9.47 Å². The van der Waals surface area contributed by atoms with Gasteiger partial charge in [-0.3, -0.25) is 9.59 Å². The van der Waals surface area contributed by atoms with Crippen LogP contribution in [0.1, 0.15) is 38.3 Å². The Labute approximate surface area is 193 Å². The molecule has 7 heteroatoms. The molecule has 6 nitrogen and oxygen atoms in total. The number of aryl methyl sites for hydroxylation is 1. The molecule has 0 aliphatic carbocycles. The third kappa shape index (κ3) is 7.28. The van der Waals surface area contributed by atoms with Crippen molar-refractivity contribution in [3.8, 4) is 11.5 Å². The van der Waals surface area contributed by atoms with Crippen LogP contribution in [0, 0.1) is 6.92 Å². The fourth-order valence-electron chi connectivity index (χ4n) is 2.91. The first-order valence-corrected chi connectivity index (χ1v) is 11.2. The molecule has 31 heavy (non-hydrogen) atoms. The van der Waals surface area contributed by atoms with Crippen molar-refractivity contribution in [3.63, 3.8) is 0 Å². The smallest absolute Gasteiger partial charge is 0.261 e. The van der Waals surface area contributed by atoms with Gasteiger partial charge in [0.2, 0.25) is 5.91 Å². The van der Waals surface area contributed by atoms with Gasteiger partial charge in [-0.05, 0) is 68.7 Å². The van der Waals surface area contributed by atoms with Gasteiger partial charge in [0, 0.05) is 17.1 Å². The standard InChI is InChI=1S/C24H31BrN2O4/c1-6-17(3)26-24(29)18(4)27(14-19-7-9-20(30-5)10-8-19)23(28)15-31-21-11-12-22(25)16(2)13-21/h7-13,17-18H,6,14-15H2,1-5H3,(H,26,29)/t17-,18+/m0/s1. The second kappa shape index (κ2) is 11.7. The van der Waals surface area contributed by atoms with Crippen LogP contribution in [0.3, 0.4) is 0 Å². The number of nitrogens with zero attached hydrogens (tertiary/aromatic N) is 1. The van der Waals surface area contributed by atoms with Gasteiger partial charge in [0.25, 0.3) is 5.91 Å². The molecule has 0 aliphatic heterocycles. The quantitative estimate of drug-likeness (QED) is 0.533. The Morgan fingerprint density at radius 2 is 1.74 bits per heavy atom. The minimum Gasteiger partial charge on any atom is -0.497 e. The van der Waals surface area contributed by atoms with Crippen molar-refractivity contribution in [2.75, 3.05) is 13.7 Å². The maximum atomic E-state index is 13.1. The molecule has 0 fully saturated rings. The zero-order valence-electron chi connectivity index (χ0n) is 18.8. The highest BCUT2D eigenvalue weighted by atomic mass is 79.9. The Morgan fingerprint density at radius 3 is 2.32 bits per heavy atom. The minimum absolute atomic E-state index is 0.0369. The molecule has 0 saturated carbocycles. The fourth-order valence-corrected chi connectivity index (χ4v) is 3.16. The zero-order valence-corrected chi connectivity index (χ0v) is 20.4. The number of nitrogens with one attached hydrogen (secondary N) is 1. The maximum absolute atomic E-state index is 13.1. The predicted molar refractivity (Wildman–Crippen MR) is 125 cm³/mol. The van der Waals surface area contributed by atoms with Gasteiger partial charge in [-0.2, -0.15) is 0 Å². The molecule has 0 aliphatic rings. The number of hydrogen-bond donors (Lipinski definition) is 1. The van der Waals surface area contributed by atoms with E-state index in [0.717, 1.165) is 27.8 Å². The second-order valence-corrected chi connectivity index (χ2v) is 8.42. The van der Waals surface area contributed by atoms with Gasteiger partial charge in [-0.1, -0.05) is 35.0 Å². The Bertz CT molecular complexity index is 886. The number of amides is 2. The highest BCUT2D eigenvalue weighted by Gasteiger charge is 2.27. The summed E-state index contributed by atoms with van der Waals surface area (Å²) in [5.74, 6) is 0.896. The van der Waals surface area contributed by atoms with Gasteiger partial charge in [0.05, 0.1) is 7.11 Å². The molecule has 0 spiro atoms. The third-order valence-corrected chi connectivity index (χ3v) is 6.06. The molecular formula is C24H31BrN2O4. The van der Waals surface area contributed by atoms with Gasteiger partial charge in [-0.25, -0.2) is 0 Å². The van der Waals surface area contributed by atoms with Crippen molar-refractivity contribution >= 4 is 27.7 Å². The van der Waals surface area contributed by atoms with Crippen LogP contribution in [0.15, 0.2) is 46.9 Å². The largest absolute Gasteiger partial charge is 0.497 e. The minimum atomic E-state index is -0.640. The van der Waals surface area contributed by atoms with Crippen molar-refractivity contribution in [1.29, 1.82) is 0 Å². The number of benzene rings is 2. The number of carbonyl (C=O) groups is 2. The van der Waals surface area contributed by atoms with Gasteiger partial charge >= 0.3 is 0 Å². The average Bonchev–Trinajstić information content (AvgIpc) is 2.77. The number of halogens is 1. The summed E-state index contributed by atoms with van der Waals surface area (Å²) in [6.07, 6.45) is 0.816. The monoisotopic (exact) mass is 490 g/mol. The van der Waals surface area contributed by atoms with Crippen LogP contribution in [0.25, 0.3) is 0 Å². The number of hydrogen-bond acceptors (Lipinski definition) is 4. The second-order valence-electron chi connectivity index (χ2n) is 7.56. The predicted octanol–water partition coefficient (Wildman–Crippen LogP) is 4.48. The number of carbonyl (C=O) groups excluding carboxylic acids is 2. The van der Waals surface area contributed by atoms with Crippen molar-refractivity contribution in [2.24, 2.45) is 0 Å². The number of rotatable bonds is 10. The molecule has 0 aromatic heterocycles. The van der Waals surface area contributed by atoms with Crippen molar-refractivity contribution in [1.82, 2.24) is 10.2 Å². The molecule has 1 N–H and O–H groups in total. The number of methoxy groups -OCH3 is 1. The van der Waals surface area contributed by atoms with E-state index in [0.29, 0.717) is 12.3 Å². The van der Waals surface area contributed by atoms with E-state index < -0.39 is 6.04 Å². The van der Waals surface area contributed by atoms with Crippen LogP contribution in [-0.4, -0.2) is 42.5 Å². The summed E-state index contributed by atoms with van der Waals surface area (Å²) in [6, 6.07) is 12.4. The molecule has 2 aromatic carbocycles. The topological polar surface area (TPSA) is 67.9 Å². The summed E-state index contributed by atoms with van der Waals surface area (Å²) in [5, 5.41) is 2.96. The Morgan fingerprint density at radius 1 is 1.10 bits per heavy atom. The average molecular weight is 491 g/mol. The van der Waals surface area contributed by atoms with Crippen LogP contribution in [0.5, 0.6) is 11.5 Å². The molecular weight excluding hydrogens is 460 g/mol. The van der Waals surface area contributed by atoms with Gasteiger partial charge in [0.15, 0.2) is 6.61 Å².